The zero-order valence-electron chi connectivity index (χ0n) is 17.4. The average Bonchev–Trinajstić information content (AvgIpc) is 3.33. The molecule has 0 spiro atoms. The number of aliphatic hydroxyl groups is 1. The van der Waals surface area contributed by atoms with E-state index in [1.165, 1.54) is 12.1 Å². The fourth-order valence-corrected chi connectivity index (χ4v) is 5.96. The third-order valence-electron chi connectivity index (χ3n) is 5.97. The molecule has 2 amide bonds. The quantitative estimate of drug-likeness (QED) is 0.616. The Labute approximate surface area is 186 Å². The fourth-order valence-electron chi connectivity index (χ4n) is 4.46. The number of benzene rings is 2. The maximum absolute atomic E-state index is 14.8. The van der Waals surface area contributed by atoms with E-state index in [4.69, 9.17) is 16.7 Å². The number of nitrogens with zero attached hydrogens (tertiary/aromatic N) is 1. The SMILES string of the molecule is CC(C)(O)c1ccc(S(N)(=O)=NC(=O)Nc2c3c(c(F)c4c2CCC4)CCC3)c(Cl)c1. The maximum atomic E-state index is 14.8. The van der Waals surface area contributed by atoms with Crippen molar-refractivity contribution in [3.63, 3.8) is 0 Å². The largest absolute Gasteiger partial charge is 0.386 e. The minimum absolute atomic E-state index is 0.00637. The number of urea groups is 1. The molecule has 31 heavy (non-hydrogen) atoms. The lowest BCUT2D eigenvalue weighted by Gasteiger charge is -2.19. The summed E-state index contributed by atoms with van der Waals surface area (Å²) in [7, 11) is -3.63. The molecule has 9 heteroatoms. The van der Waals surface area contributed by atoms with E-state index in [1.54, 1.807) is 19.9 Å². The van der Waals surface area contributed by atoms with Gasteiger partial charge < -0.3 is 10.4 Å². The summed E-state index contributed by atoms with van der Waals surface area (Å²) in [5, 5.41) is 18.8. The van der Waals surface area contributed by atoms with E-state index in [-0.39, 0.29) is 15.7 Å². The minimum Gasteiger partial charge on any atom is -0.386 e. The molecule has 2 aliphatic carbocycles. The minimum atomic E-state index is -3.63. The Kier molecular flexibility index (Phi) is 5.62. The Hall–Kier alpha value is -2.00. The molecule has 0 radical (unpaired) electrons. The lowest BCUT2D eigenvalue weighted by molar-refractivity contribution is 0.0785. The number of nitrogens with two attached hydrogens (primary N) is 1. The van der Waals surface area contributed by atoms with E-state index in [1.807, 2.05) is 0 Å². The second-order valence-corrected chi connectivity index (χ2v) is 10.8. The van der Waals surface area contributed by atoms with Crippen molar-refractivity contribution in [2.45, 2.75) is 62.9 Å². The van der Waals surface area contributed by atoms with Gasteiger partial charge >= 0.3 is 6.03 Å². The number of nitrogens with one attached hydrogen (secondary N) is 1. The van der Waals surface area contributed by atoms with Crippen molar-refractivity contribution in [1.29, 1.82) is 0 Å². The molecular weight excluding hydrogens is 441 g/mol. The van der Waals surface area contributed by atoms with Crippen LogP contribution < -0.4 is 10.5 Å². The lowest BCUT2D eigenvalue weighted by atomic mass is 9.98. The van der Waals surface area contributed by atoms with Crippen LogP contribution in [0.4, 0.5) is 14.9 Å². The Morgan fingerprint density at radius 3 is 2.23 bits per heavy atom. The van der Waals surface area contributed by atoms with Gasteiger partial charge in [-0.2, -0.15) is 0 Å². The second-order valence-electron chi connectivity index (χ2n) is 8.60. The standard InChI is InChI=1S/C22H25ClFN3O3S/c1-22(2,29)12-9-10-18(17(23)11-12)31(25,30)27-21(28)26-20-15-7-3-5-13(15)19(24)14-6-4-8-16(14)20/h9-11,29H,3-8H2,1-2H3,(H3,25,26,27,28,30). The van der Waals surface area contributed by atoms with Gasteiger partial charge in [0.05, 0.1) is 15.5 Å². The topological polar surface area (TPSA) is 105 Å². The van der Waals surface area contributed by atoms with Gasteiger partial charge in [0, 0.05) is 5.69 Å². The van der Waals surface area contributed by atoms with Crippen molar-refractivity contribution < 1.29 is 18.5 Å². The zero-order chi connectivity index (χ0) is 22.6. The summed E-state index contributed by atoms with van der Waals surface area (Å²) in [4.78, 5) is 12.7. The van der Waals surface area contributed by atoms with E-state index in [0.29, 0.717) is 48.1 Å². The van der Waals surface area contributed by atoms with Crippen molar-refractivity contribution in [1.82, 2.24) is 0 Å². The van der Waals surface area contributed by atoms with Crippen LogP contribution in [-0.2, 0) is 41.2 Å². The highest BCUT2D eigenvalue weighted by molar-refractivity contribution is 7.91. The molecular formula is C22H25ClFN3O3S. The van der Waals surface area contributed by atoms with Crippen molar-refractivity contribution in [2.24, 2.45) is 9.50 Å². The van der Waals surface area contributed by atoms with Crippen molar-refractivity contribution >= 4 is 33.2 Å². The van der Waals surface area contributed by atoms with Gasteiger partial charge in [0.2, 0.25) is 0 Å². The third kappa shape index (κ3) is 4.09. The van der Waals surface area contributed by atoms with Crippen LogP contribution in [0.15, 0.2) is 27.5 Å². The summed E-state index contributed by atoms with van der Waals surface area (Å²) < 4.78 is 31.6. The molecule has 4 rings (SSSR count). The first-order chi connectivity index (χ1) is 14.5. The molecule has 4 N–H and O–H groups in total. The van der Waals surface area contributed by atoms with Gasteiger partial charge in [-0.1, -0.05) is 17.7 Å². The summed E-state index contributed by atoms with van der Waals surface area (Å²) in [6, 6.07) is 3.55. The Morgan fingerprint density at radius 1 is 1.16 bits per heavy atom. The smallest absolute Gasteiger partial charge is 0.354 e. The number of hydrogen-bond donors (Lipinski definition) is 3. The molecule has 0 fully saturated rings. The van der Waals surface area contributed by atoms with Gasteiger partial charge in [-0.25, -0.2) is 18.5 Å². The number of fused-ring (bicyclic) bond motifs is 2. The first-order valence-corrected chi connectivity index (χ1v) is 12.2. The predicted molar refractivity (Wildman–Crippen MR) is 119 cm³/mol. The van der Waals surface area contributed by atoms with Crippen LogP contribution in [-0.4, -0.2) is 15.3 Å². The Bertz CT molecular complexity index is 1180. The molecule has 1 unspecified atom stereocenters. The number of hydrogen-bond acceptors (Lipinski definition) is 3. The Morgan fingerprint density at radius 2 is 1.71 bits per heavy atom. The maximum Gasteiger partial charge on any atom is 0.354 e. The summed E-state index contributed by atoms with van der Waals surface area (Å²) in [6.45, 7) is 3.19. The molecule has 0 heterocycles. The molecule has 0 aromatic heterocycles. The van der Waals surface area contributed by atoms with E-state index in [2.05, 4.69) is 9.68 Å². The Balaban J connectivity index is 1.69. The molecule has 0 bridgehead atoms. The van der Waals surface area contributed by atoms with Gasteiger partial charge in [-0.15, -0.1) is 4.36 Å². The molecule has 1 atom stereocenters. The van der Waals surface area contributed by atoms with Crippen LogP contribution in [0.5, 0.6) is 0 Å². The molecule has 0 saturated carbocycles. The summed E-state index contributed by atoms with van der Waals surface area (Å²) in [5.41, 5.74) is 2.89. The van der Waals surface area contributed by atoms with Gasteiger partial charge in [0.1, 0.15) is 15.7 Å². The van der Waals surface area contributed by atoms with E-state index >= 15 is 0 Å². The average molecular weight is 466 g/mol. The molecule has 166 valence electrons. The summed E-state index contributed by atoms with van der Waals surface area (Å²) in [6.07, 6.45) is 4.29. The van der Waals surface area contributed by atoms with Gasteiger partial charge in [-0.3, -0.25) is 0 Å². The highest BCUT2D eigenvalue weighted by Gasteiger charge is 2.30. The normalized spacial score (nSPS) is 17.1. The van der Waals surface area contributed by atoms with Crippen molar-refractivity contribution in [3.8, 4) is 0 Å². The number of rotatable bonds is 3. The predicted octanol–water partition coefficient (Wildman–Crippen LogP) is 4.62. The van der Waals surface area contributed by atoms with E-state index < -0.39 is 21.5 Å². The number of amides is 2. The zero-order valence-corrected chi connectivity index (χ0v) is 19.0. The first kappa shape index (κ1) is 22.2. The summed E-state index contributed by atoms with van der Waals surface area (Å²) in [5.74, 6) is -0.142. The molecule has 2 aromatic carbocycles. The summed E-state index contributed by atoms with van der Waals surface area (Å²) >= 11 is 6.23. The molecule has 2 aromatic rings. The van der Waals surface area contributed by atoms with Crippen LogP contribution >= 0.6 is 11.6 Å². The highest BCUT2D eigenvalue weighted by atomic mass is 35.5. The first-order valence-electron chi connectivity index (χ1n) is 10.2. The van der Waals surface area contributed by atoms with Crippen molar-refractivity contribution in [2.75, 3.05) is 5.32 Å². The monoisotopic (exact) mass is 465 g/mol. The molecule has 6 nitrogen and oxygen atoms in total. The lowest BCUT2D eigenvalue weighted by Crippen LogP contribution is -2.20. The van der Waals surface area contributed by atoms with Crippen LogP contribution in [0.3, 0.4) is 0 Å². The molecule has 0 aliphatic heterocycles. The van der Waals surface area contributed by atoms with Gasteiger partial charge in [0.15, 0.2) is 0 Å². The van der Waals surface area contributed by atoms with Crippen LogP contribution in [0.2, 0.25) is 5.02 Å². The van der Waals surface area contributed by atoms with Gasteiger partial charge in [-0.05, 0) is 92.3 Å². The fraction of sp³-hybridized carbons (Fsp3) is 0.409. The van der Waals surface area contributed by atoms with Crippen molar-refractivity contribution in [3.05, 3.63) is 56.9 Å². The van der Waals surface area contributed by atoms with E-state index in [9.17, 15) is 18.5 Å². The highest BCUT2D eigenvalue weighted by Crippen LogP contribution is 2.41. The molecule has 2 aliphatic rings. The third-order valence-corrected chi connectivity index (χ3v) is 7.82. The number of carbonyl (C=O) groups is 1. The number of halogens is 2. The van der Waals surface area contributed by atoms with Crippen LogP contribution in [0.25, 0.3) is 0 Å². The second kappa shape index (κ2) is 7.85. The van der Waals surface area contributed by atoms with Gasteiger partial charge in [0.25, 0.3) is 0 Å². The number of carbonyl (C=O) groups excluding carboxylic acids is 1. The van der Waals surface area contributed by atoms with Crippen LogP contribution in [0, 0.1) is 5.82 Å². The van der Waals surface area contributed by atoms with E-state index in [0.717, 1.165) is 24.0 Å². The van der Waals surface area contributed by atoms with Crippen LogP contribution in [0.1, 0.15) is 54.5 Å². The molecule has 0 saturated heterocycles. The number of anilines is 1.